The normalized spacial score (nSPS) is 11.1. The molecule has 0 radical (unpaired) electrons. The third-order valence-corrected chi connectivity index (χ3v) is 4.76. The molecule has 0 aliphatic rings. The van der Waals surface area contributed by atoms with E-state index in [9.17, 15) is 13.2 Å². The number of nitrogens with one attached hydrogen (secondary N) is 1. The summed E-state index contributed by atoms with van der Waals surface area (Å²) in [5, 5.41) is 2.74. The van der Waals surface area contributed by atoms with Gasteiger partial charge in [0.2, 0.25) is 15.9 Å². The Bertz CT molecular complexity index is 770. The van der Waals surface area contributed by atoms with Gasteiger partial charge in [-0.25, -0.2) is 8.42 Å². The molecule has 0 spiro atoms. The van der Waals surface area contributed by atoms with E-state index in [2.05, 4.69) is 5.32 Å². The van der Waals surface area contributed by atoms with Crippen LogP contribution in [-0.4, -0.2) is 34.2 Å². The Balaban J connectivity index is 1.88. The Hall–Kier alpha value is -2.48. The quantitative estimate of drug-likeness (QED) is 0.734. The smallest absolute Gasteiger partial charge is 0.232 e. The minimum Gasteiger partial charge on any atom is -0.497 e. The van der Waals surface area contributed by atoms with Gasteiger partial charge >= 0.3 is 0 Å². The first-order valence-corrected chi connectivity index (χ1v) is 9.66. The lowest BCUT2D eigenvalue weighted by Gasteiger charge is -2.22. The highest BCUT2D eigenvalue weighted by Crippen LogP contribution is 2.21. The summed E-state index contributed by atoms with van der Waals surface area (Å²) in [5.74, 6) is 1.17. The number of ether oxygens (including phenoxy) is 1. The number of anilines is 1. The summed E-state index contributed by atoms with van der Waals surface area (Å²) in [4.78, 5) is 11.9. The van der Waals surface area contributed by atoms with Crippen LogP contribution in [-0.2, 0) is 21.4 Å². The van der Waals surface area contributed by atoms with E-state index in [1.165, 1.54) is 4.31 Å². The summed E-state index contributed by atoms with van der Waals surface area (Å²) in [6.07, 6.45) is 3.32. The zero-order valence-corrected chi connectivity index (χ0v) is 15.1. The van der Waals surface area contributed by atoms with Crippen LogP contribution in [0.4, 0.5) is 5.69 Å². The fourth-order valence-corrected chi connectivity index (χ4v) is 3.27. The molecule has 0 fully saturated rings. The number of benzene rings is 1. The van der Waals surface area contributed by atoms with Gasteiger partial charge < -0.3 is 14.5 Å². The van der Waals surface area contributed by atoms with Crippen LogP contribution in [0.1, 0.15) is 18.6 Å². The van der Waals surface area contributed by atoms with Crippen LogP contribution in [0.25, 0.3) is 0 Å². The van der Waals surface area contributed by atoms with E-state index in [1.54, 1.807) is 49.8 Å². The second-order valence-corrected chi connectivity index (χ2v) is 7.40. The van der Waals surface area contributed by atoms with Crippen molar-refractivity contribution in [1.82, 2.24) is 5.32 Å². The molecule has 8 heteroatoms. The Kier molecular flexibility index (Phi) is 6.46. The van der Waals surface area contributed by atoms with Gasteiger partial charge in [-0.1, -0.05) is 0 Å². The third-order valence-electron chi connectivity index (χ3n) is 3.57. The number of hydrogen-bond donors (Lipinski definition) is 1. The highest BCUT2D eigenvalue weighted by molar-refractivity contribution is 7.92. The van der Waals surface area contributed by atoms with Gasteiger partial charge in [0.05, 0.1) is 31.9 Å². The van der Waals surface area contributed by atoms with Gasteiger partial charge in [0.25, 0.3) is 0 Å². The number of methoxy groups -OCH3 is 1. The minimum absolute atomic E-state index is 0.153. The molecular formula is C17H22N2O5S. The van der Waals surface area contributed by atoms with Gasteiger partial charge in [-0.3, -0.25) is 9.10 Å². The molecule has 1 aromatic carbocycles. The van der Waals surface area contributed by atoms with E-state index in [0.29, 0.717) is 30.2 Å². The number of rotatable bonds is 9. The van der Waals surface area contributed by atoms with Crippen molar-refractivity contribution < 1.29 is 22.4 Å². The molecule has 2 rings (SSSR count). The van der Waals surface area contributed by atoms with Crippen LogP contribution < -0.4 is 14.4 Å². The van der Waals surface area contributed by atoms with Crippen LogP contribution in [0.15, 0.2) is 47.1 Å². The standard InChI is InChI=1S/C17H22N2O5S/c1-23-15-9-7-14(8-10-15)19(25(2,21)22)11-3-6-17(20)18-13-16-5-4-12-24-16/h4-5,7-10,12H,3,6,11,13H2,1-2H3,(H,18,20). The summed E-state index contributed by atoms with van der Waals surface area (Å²) in [6, 6.07) is 10.3. The number of sulfonamides is 1. The lowest BCUT2D eigenvalue weighted by molar-refractivity contribution is -0.121. The number of carbonyl (C=O) groups is 1. The van der Waals surface area contributed by atoms with Crippen molar-refractivity contribution in [1.29, 1.82) is 0 Å². The Morgan fingerprint density at radius 3 is 2.52 bits per heavy atom. The van der Waals surface area contributed by atoms with Crippen molar-refractivity contribution in [3.63, 3.8) is 0 Å². The molecule has 0 unspecified atom stereocenters. The van der Waals surface area contributed by atoms with E-state index in [1.807, 2.05) is 0 Å². The molecule has 0 aliphatic carbocycles. The van der Waals surface area contributed by atoms with Crippen molar-refractivity contribution in [2.75, 3.05) is 24.2 Å². The predicted octanol–water partition coefficient (Wildman–Crippen LogP) is 2.15. The van der Waals surface area contributed by atoms with E-state index in [0.717, 1.165) is 6.26 Å². The zero-order chi connectivity index (χ0) is 18.3. The van der Waals surface area contributed by atoms with Gasteiger partial charge in [0, 0.05) is 13.0 Å². The van der Waals surface area contributed by atoms with Crippen LogP contribution in [0.3, 0.4) is 0 Å². The molecule has 25 heavy (non-hydrogen) atoms. The SMILES string of the molecule is COc1ccc(N(CCCC(=O)NCc2ccco2)S(C)(=O)=O)cc1. The Morgan fingerprint density at radius 2 is 1.96 bits per heavy atom. The van der Waals surface area contributed by atoms with Crippen LogP contribution in [0, 0.1) is 0 Å². The highest BCUT2D eigenvalue weighted by atomic mass is 32.2. The van der Waals surface area contributed by atoms with Crippen molar-refractivity contribution in [2.24, 2.45) is 0 Å². The summed E-state index contributed by atoms with van der Waals surface area (Å²) < 4.78 is 35.5. The number of carbonyl (C=O) groups excluding carboxylic acids is 1. The minimum atomic E-state index is -3.44. The summed E-state index contributed by atoms with van der Waals surface area (Å²) >= 11 is 0. The zero-order valence-electron chi connectivity index (χ0n) is 14.3. The van der Waals surface area contributed by atoms with Gasteiger partial charge in [-0.05, 0) is 42.8 Å². The van der Waals surface area contributed by atoms with Crippen LogP contribution >= 0.6 is 0 Å². The lowest BCUT2D eigenvalue weighted by atomic mass is 10.2. The lowest BCUT2D eigenvalue weighted by Crippen LogP contribution is -2.32. The van der Waals surface area contributed by atoms with E-state index >= 15 is 0 Å². The Morgan fingerprint density at radius 1 is 1.24 bits per heavy atom. The maximum Gasteiger partial charge on any atom is 0.232 e. The largest absolute Gasteiger partial charge is 0.497 e. The first-order chi connectivity index (χ1) is 11.9. The molecular weight excluding hydrogens is 344 g/mol. The topological polar surface area (TPSA) is 88.8 Å². The fraction of sp³-hybridized carbons (Fsp3) is 0.353. The molecule has 1 N–H and O–H groups in total. The molecule has 1 heterocycles. The van der Waals surface area contributed by atoms with E-state index < -0.39 is 10.0 Å². The molecule has 136 valence electrons. The van der Waals surface area contributed by atoms with Gasteiger partial charge in [-0.15, -0.1) is 0 Å². The molecule has 0 aliphatic heterocycles. The van der Waals surface area contributed by atoms with Crippen LogP contribution in [0.5, 0.6) is 5.75 Å². The van der Waals surface area contributed by atoms with Gasteiger partial charge in [0.15, 0.2) is 0 Å². The van der Waals surface area contributed by atoms with Crippen molar-refractivity contribution in [3.05, 3.63) is 48.4 Å². The van der Waals surface area contributed by atoms with Crippen LogP contribution in [0.2, 0.25) is 0 Å². The second kappa shape index (κ2) is 8.57. The highest BCUT2D eigenvalue weighted by Gasteiger charge is 2.17. The van der Waals surface area contributed by atoms with Crippen molar-refractivity contribution in [2.45, 2.75) is 19.4 Å². The first-order valence-electron chi connectivity index (χ1n) is 7.81. The monoisotopic (exact) mass is 366 g/mol. The van der Waals surface area contributed by atoms with Gasteiger partial charge in [-0.2, -0.15) is 0 Å². The third kappa shape index (κ3) is 5.82. The molecule has 2 aromatic rings. The molecule has 7 nitrogen and oxygen atoms in total. The molecule has 0 atom stereocenters. The first kappa shape index (κ1) is 18.9. The molecule has 1 aromatic heterocycles. The maximum atomic E-state index is 12.0. The average molecular weight is 366 g/mol. The van der Waals surface area contributed by atoms with Crippen molar-refractivity contribution in [3.8, 4) is 5.75 Å². The molecule has 0 saturated heterocycles. The molecule has 0 bridgehead atoms. The average Bonchev–Trinajstić information content (AvgIpc) is 3.09. The summed E-state index contributed by atoms with van der Waals surface area (Å²) in [6.45, 7) is 0.541. The fourth-order valence-electron chi connectivity index (χ4n) is 2.31. The van der Waals surface area contributed by atoms with E-state index in [4.69, 9.17) is 9.15 Å². The number of hydrogen-bond acceptors (Lipinski definition) is 5. The van der Waals surface area contributed by atoms with E-state index in [-0.39, 0.29) is 18.9 Å². The number of nitrogens with zero attached hydrogens (tertiary/aromatic N) is 1. The summed E-state index contributed by atoms with van der Waals surface area (Å²) in [5.41, 5.74) is 0.541. The Labute approximate surface area is 147 Å². The molecule has 1 amide bonds. The summed E-state index contributed by atoms with van der Waals surface area (Å²) in [7, 11) is -1.89. The predicted molar refractivity (Wildman–Crippen MR) is 95.0 cm³/mol. The molecule has 0 saturated carbocycles. The van der Waals surface area contributed by atoms with Crippen molar-refractivity contribution >= 4 is 21.6 Å². The van der Waals surface area contributed by atoms with Gasteiger partial charge in [0.1, 0.15) is 11.5 Å². The second-order valence-electron chi connectivity index (χ2n) is 5.49. The number of furan rings is 1. The number of amides is 1. The maximum absolute atomic E-state index is 12.0.